The van der Waals surface area contributed by atoms with Crippen LogP contribution in [0.5, 0.6) is 0 Å². The van der Waals surface area contributed by atoms with Gasteiger partial charge in [0.1, 0.15) is 10.8 Å². The quantitative estimate of drug-likeness (QED) is 0.903. The maximum atomic E-state index is 13.7. The number of rotatable bonds is 4. The molecule has 0 radical (unpaired) electrons. The van der Waals surface area contributed by atoms with Gasteiger partial charge in [0.25, 0.3) is 0 Å². The lowest BCUT2D eigenvalue weighted by Gasteiger charge is -2.08. The molecule has 1 aromatic heterocycles. The number of benzene rings is 1. The van der Waals surface area contributed by atoms with Crippen LogP contribution >= 0.6 is 11.8 Å². The van der Waals surface area contributed by atoms with Crippen LogP contribution in [0.2, 0.25) is 0 Å². The second-order valence-electron chi connectivity index (χ2n) is 3.41. The molecular weight excluding hydrogens is 237 g/mol. The number of halogens is 1. The van der Waals surface area contributed by atoms with Gasteiger partial charge in [-0.05, 0) is 24.6 Å². The summed E-state index contributed by atoms with van der Waals surface area (Å²) in [6.07, 6.45) is 5.45. The van der Waals surface area contributed by atoms with Crippen LogP contribution in [-0.2, 0) is 6.42 Å². The molecule has 0 saturated heterocycles. The van der Waals surface area contributed by atoms with Crippen molar-refractivity contribution in [3.8, 4) is 0 Å². The molecule has 0 fully saturated rings. The monoisotopic (exact) mass is 249 g/mol. The van der Waals surface area contributed by atoms with Crippen LogP contribution in [0.25, 0.3) is 0 Å². The van der Waals surface area contributed by atoms with Crippen LogP contribution in [0.4, 0.5) is 4.39 Å². The van der Waals surface area contributed by atoms with E-state index in [0.29, 0.717) is 22.9 Å². The average Bonchev–Trinajstić information content (AvgIpc) is 2.35. The molecule has 0 unspecified atom stereocenters. The Morgan fingerprint density at radius 2 is 2.18 bits per heavy atom. The molecule has 0 amide bonds. The number of nitrogens with zero attached hydrogens (tertiary/aromatic N) is 2. The highest BCUT2D eigenvalue weighted by Gasteiger charge is 2.10. The molecule has 0 aliphatic rings. The molecule has 0 saturated carbocycles. The normalized spacial score (nSPS) is 10.5. The molecule has 3 nitrogen and oxygen atoms in total. The van der Waals surface area contributed by atoms with Crippen molar-refractivity contribution in [1.82, 2.24) is 9.97 Å². The summed E-state index contributed by atoms with van der Waals surface area (Å²) in [4.78, 5) is 8.66. The van der Waals surface area contributed by atoms with E-state index in [4.69, 9.17) is 5.73 Å². The summed E-state index contributed by atoms with van der Waals surface area (Å²) in [6.45, 7) is 0.498. The third kappa shape index (κ3) is 3.01. The van der Waals surface area contributed by atoms with Gasteiger partial charge in [-0.1, -0.05) is 23.9 Å². The summed E-state index contributed by atoms with van der Waals surface area (Å²) in [5, 5.41) is 0.677. The molecule has 1 aromatic carbocycles. The van der Waals surface area contributed by atoms with Crippen LogP contribution in [-0.4, -0.2) is 16.5 Å². The Bertz CT molecular complexity index is 490. The average molecular weight is 249 g/mol. The molecule has 1 heterocycles. The summed E-state index contributed by atoms with van der Waals surface area (Å²) in [6, 6.07) is 5.02. The van der Waals surface area contributed by atoms with Crippen LogP contribution in [0.3, 0.4) is 0 Å². The van der Waals surface area contributed by atoms with Crippen LogP contribution in [0.1, 0.15) is 5.56 Å². The Labute approximate surface area is 103 Å². The SMILES string of the molecule is NCCc1cccc(F)c1Sc1cnccn1. The summed E-state index contributed by atoms with van der Waals surface area (Å²) < 4.78 is 13.7. The molecule has 2 aromatic rings. The van der Waals surface area contributed by atoms with E-state index >= 15 is 0 Å². The Hall–Kier alpha value is -1.46. The predicted octanol–water partition coefficient (Wildman–Crippen LogP) is 2.27. The van der Waals surface area contributed by atoms with Gasteiger partial charge in [0.05, 0.1) is 11.1 Å². The first-order valence-corrected chi connectivity index (χ1v) is 6.04. The molecule has 88 valence electrons. The summed E-state index contributed by atoms with van der Waals surface area (Å²) >= 11 is 1.28. The van der Waals surface area contributed by atoms with Crippen molar-refractivity contribution < 1.29 is 4.39 Å². The van der Waals surface area contributed by atoms with Crippen LogP contribution in [0.15, 0.2) is 46.7 Å². The number of aromatic nitrogens is 2. The fourth-order valence-electron chi connectivity index (χ4n) is 1.46. The first-order chi connectivity index (χ1) is 8.31. The lowest BCUT2D eigenvalue weighted by Crippen LogP contribution is -2.04. The van der Waals surface area contributed by atoms with Gasteiger partial charge in [0.2, 0.25) is 0 Å². The van der Waals surface area contributed by atoms with Gasteiger partial charge in [-0.3, -0.25) is 4.98 Å². The van der Waals surface area contributed by atoms with E-state index in [-0.39, 0.29) is 5.82 Å². The van der Waals surface area contributed by atoms with Gasteiger partial charge >= 0.3 is 0 Å². The maximum absolute atomic E-state index is 13.7. The molecule has 0 spiro atoms. The minimum Gasteiger partial charge on any atom is -0.330 e. The fourth-order valence-corrected chi connectivity index (χ4v) is 2.37. The maximum Gasteiger partial charge on any atom is 0.137 e. The molecular formula is C12H12FN3S. The van der Waals surface area contributed by atoms with Gasteiger partial charge in [0.15, 0.2) is 0 Å². The molecule has 2 rings (SSSR count). The number of nitrogens with two attached hydrogens (primary N) is 1. The third-order valence-corrected chi connectivity index (χ3v) is 3.29. The Balaban J connectivity index is 2.31. The largest absolute Gasteiger partial charge is 0.330 e. The molecule has 0 bridgehead atoms. The fraction of sp³-hybridized carbons (Fsp3) is 0.167. The third-order valence-electron chi connectivity index (χ3n) is 2.21. The molecule has 0 aliphatic carbocycles. The lowest BCUT2D eigenvalue weighted by molar-refractivity contribution is 0.596. The Morgan fingerprint density at radius 3 is 2.88 bits per heavy atom. The van der Waals surface area contributed by atoms with E-state index in [1.807, 2.05) is 6.07 Å². The van der Waals surface area contributed by atoms with Crippen molar-refractivity contribution in [2.45, 2.75) is 16.3 Å². The second-order valence-corrected chi connectivity index (χ2v) is 4.44. The van der Waals surface area contributed by atoms with Crippen molar-refractivity contribution in [3.05, 3.63) is 48.2 Å². The second kappa shape index (κ2) is 5.75. The molecule has 0 atom stereocenters. The zero-order valence-corrected chi connectivity index (χ0v) is 9.95. The van der Waals surface area contributed by atoms with Gasteiger partial charge in [-0.25, -0.2) is 9.37 Å². The summed E-state index contributed by atoms with van der Waals surface area (Å²) in [5.41, 5.74) is 6.42. The molecule has 0 aliphatic heterocycles. The topological polar surface area (TPSA) is 51.8 Å². The Morgan fingerprint density at radius 1 is 1.29 bits per heavy atom. The van der Waals surface area contributed by atoms with E-state index in [9.17, 15) is 4.39 Å². The van der Waals surface area contributed by atoms with E-state index < -0.39 is 0 Å². The van der Waals surface area contributed by atoms with Crippen molar-refractivity contribution in [2.75, 3.05) is 6.54 Å². The molecule has 2 N–H and O–H groups in total. The smallest absolute Gasteiger partial charge is 0.137 e. The van der Waals surface area contributed by atoms with Gasteiger partial charge in [0, 0.05) is 12.4 Å². The minimum absolute atomic E-state index is 0.244. The summed E-state index contributed by atoms with van der Waals surface area (Å²) in [5.74, 6) is -0.244. The first-order valence-electron chi connectivity index (χ1n) is 5.22. The highest BCUT2D eigenvalue weighted by molar-refractivity contribution is 7.99. The molecule has 5 heteroatoms. The van der Waals surface area contributed by atoms with E-state index in [1.165, 1.54) is 17.8 Å². The van der Waals surface area contributed by atoms with Gasteiger partial charge in [-0.15, -0.1) is 0 Å². The van der Waals surface area contributed by atoms with Crippen molar-refractivity contribution in [1.29, 1.82) is 0 Å². The minimum atomic E-state index is -0.244. The zero-order chi connectivity index (χ0) is 12.1. The van der Waals surface area contributed by atoms with Crippen molar-refractivity contribution in [3.63, 3.8) is 0 Å². The van der Waals surface area contributed by atoms with Gasteiger partial charge in [-0.2, -0.15) is 0 Å². The van der Waals surface area contributed by atoms with Crippen molar-refractivity contribution >= 4 is 11.8 Å². The van der Waals surface area contributed by atoms with Crippen LogP contribution < -0.4 is 5.73 Å². The highest BCUT2D eigenvalue weighted by atomic mass is 32.2. The standard InChI is InChI=1S/C12H12FN3S/c13-10-3-1-2-9(4-5-14)12(10)17-11-8-15-6-7-16-11/h1-3,6-8H,4-5,14H2. The first kappa shape index (κ1) is 12.0. The zero-order valence-electron chi connectivity index (χ0n) is 9.14. The lowest BCUT2D eigenvalue weighted by atomic mass is 10.1. The summed E-state index contributed by atoms with van der Waals surface area (Å²) in [7, 11) is 0. The van der Waals surface area contributed by atoms with Crippen molar-refractivity contribution in [2.24, 2.45) is 5.73 Å². The number of hydrogen-bond donors (Lipinski definition) is 1. The van der Waals surface area contributed by atoms with Gasteiger partial charge < -0.3 is 5.73 Å². The highest BCUT2D eigenvalue weighted by Crippen LogP contribution is 2.31. The Kier molecular flexibility index (Phi) is 4.06. The number of hydrogen-bond acceptors (Lipinski definition) is 4. The van der Waals surface area contributed by atoms with E-state index in [1.54, 1.807) is 24.7 Å². The molecule has 17 heavy (non-hydrogen) atoms. The van der Waals surface area contributed by atoms with Crippen LogP contribution in [0, 0.1) is 5.82 Å². The van der Waals surface area contributed by atoms with E-state index in [0.717, 1.165) is 5.56 Å². The van der Waals surface area contributed by atoms with E-state index in [2.05, 4.69) is 9.97 Å². The predicted molar refractivity (Wildman–Crippen MR) is 65.3 cm³/mol.